The Morgan fingerprint density at radius 3 is 2.53 bits per heavy atom. The summed E-state index contributed by atoms with van der Waals surface area (Å²) in [6, 6.07) is 0. The van der Waals surface area contributed by atoms with Gasteiger partial charge in [0, 0.05) is 25.0 Å². The quantitative estimate of drug-likeness (QED) is 0.731. The number of hydrogen-bond acceptors (Lipinski definition) is 4. The summed E-state index contributed by atoms with van der Waals surface area (Å²) in [5.74, 6) is 1.64. The summed E-state index contributed by atoms with van der Waals surface area (Å²) in [5.41, 5.74) is -0.0137. The Kier molecular flexibility index (Phi) is 5.65. The van der Waals surface area contributed by atoms with Gasteiger partial charge in [0.1, 0.15) is 5.76 Å². The molecule has 2 N–H and O–H groups in total. The first-order chi connectivity index (χ1) is 8.19. The molecule has 0 amide bonds. The second-order valence-corrected chi connectivity index (χ2v) is 4.54. The molecule has 0 aliphatic rings. The van der Waals surface area contributed by atoms with Crippen LogP contribution in [0.25, 0.3) is 0 Å². The van der Waals surface area contributed by atoms with Crippen LogP contribution in [0.5, 0.6) is 0 Å². The van der Waals surface area contributed by atoms with Crippen LogP contribution in [0.1, 0.15) is 45.3 Å². The van der Waals surface area contributed by atoms with E-state index in [0.29, 0.717) is 6.54 Å². The van der Waals surface area contributed by atoms with Gasteiger partial charge in [-0.25, -0.2) is 4.98 Å². The SMILES string of the molecule is CCc1cnc(CNCC(CC)(CC)CO)o1. The van der Waals surface area contributed by atoms with Crippen molar-refractivity contribution in [2.24, 2.45) is 5.41 Å². The molecule has 98 valence electrons. The molecule has 1 aromatic heterocycles. The van der Waals surface area contributed by atoms with Gasteiger partial charge in [-0.15, -0.1) is 0 Å². The van der Waals surface area contributed by atoms with Crippen LogP contribution in [-0.4, -0.2) is 23.2 Å². The lowest BCUT2D eigenvalue weighted by Gasteiger charge is -2.29. The fraction of sp³-hybridized carbons (Fsp3) is 0.769. The van der Waals surface area contributed by atoms with Crippen LogP contribution >= 0.6 is 0 Å². The number of hydrogen-bond donors (Lipinski definition) is 2. The first-order valence-electron chi connectivity index (χ1n) is 6.44. The largest absolute Gasteiger partial charge is 0.444 e. The van der Waals surface area contributed by atoms with Crippen molar-refractivity contribution < 1.29 is 9.52 Å². The lowest BCUT2D eigenvalue weighted by atomic mass is 9.83. The minimum Gasteiger partial charge on any atom is -0.444 e. The molecule has 0 saturated heterocycles. The molecule has 0 atom stereocenters. The molecule has 0 aromatic carbocycles. The Morgan fingerprint density at radius 1 is 1.35 bits per heavy atom. The highest BCUT2D eigenvalue weighted by molar-refractivity contribution is 4.93. The van der Waals surface area contributed by atoms with Crippen molar-refractivity contribution in [1.29, 1.82) is 0 Å². The predicted octanol–water partition coefficient (Wildman–Crippen LogP) is 2.13. The fourth-order valence-electron chi connectivity index (χ4n) is 1.81. The van der Waals surface area contributed by atoms with Gasteiger partial charge in [-0.1, -0.05) is 20.8 Å². The molecule has 0 aliphatic carbocycles. The van der Waals surface area contributed by atoms with E-state index in [1.807, 2.05) is 6.92 Å². The van der Waals surface area contributed by atoms with E-state index in [-0.39, 0.29) is 12.0 Å². The smallest absolute Gasteiger partial charge is 0.208 e. The molecule has 0 radical (unpaired) electrons. The van der Waals surface area contributed by atoms with Crippen LogP contribution in [0, 0.1) is 5.41 Å². The molecule has 1 aromatic rings. The molecule has 0 fully saturated rings. The number of aliphatic hydroxyl groups excluding tert-OH is 1. The number of aromatic nitrogens is 1. The van der Waals surface area contributed by atoms with E-state index in [1.165, 1.54) is 0 Å². The van der Waals surface area contributed by atoms with Crippen LogP contribution in [0.4, 0.5) is 0 Å². The topological polar surface area (TPSA) is 58.3 Å². The van der Waals surface area contributed by atoms with Gasteiger partial charge in [0.15, 0.2) is 0 Å². The van der Waals surface area contributed by atoms with Gasteiger partial charge < -0.3 is 14.8 Å². The molecule has 0 spiro atoms. The standard InChI is InChI=1S/C13H24N2O2/c1-4-11-7-15-12(17-11)8-14-9-13(5-2,6-3)10-16/h7,14,16H,4-6,8-10H2,1-3H3. The first-order valence-corrected chi connectivity index (χ1v) is 6.44. The number of rotatable bonds is 8. The molecule has 1 rings (SSSR count). The van der Waals surface area contributed by atoms with Gasteiger partial charge in [0.05, 0.1) is 12.7 Å². The Morgan fingerprint density at radius 2 is 2.06 bits per heavy atom. The molecular formula is C13H24N2O2. The lowest BCUT2D eigenvalue weighted by molar-refractivity contribution is 0.112. The minimum atomic E-state index is -0.0137. The third-order valence-corrected chi connectivity index (χ3v) is 3.56. The summed E-state index contributed by atoms with van der Waals surface area (Å²) in [4.78, 5) is 4.19. The monoisotopic (exact) mass is 240 g/mol. The van der Waals surface area contributed by atoms with Gasteiger partial charge in [-0.2, -0.15) is 0 Å². The molecule has 0 unspecified atom stereocenters. The van der Waals surface area contributed by atoms with Crippen LogP contribution in [0.3, 0.4) is 0 Å². The summed E-state index contributed by atoms with van der Waals surface area (Å²) in [6.07, 6.45) is 4.59. The Balaban J connectivity index is 2.40. The first kappa shape index (κ1) is 14.2. The Hall–Kier alpha value is -0.870. The fourth-order valence-corrected chi connectivity index (χ4v) is 1.81. The van der Waals surface area contributed by atoms with Crippen molar-refractivity contribution >= 4 is 0 Å². The molecule has 0 aliphatic heterocycles. The van der Waals surface area contributed by atoms with E-state index in [1.54, 1.807) is 6.20 Å². The van der Waals surface area contributed by atoms with E-state index in [0.717, 1.165) is 37.5 Å². The van der Waals surface area contributed by atoms with Crippen molar-refractivity contribution in [2.45, 2.75) is 46.6 Å². The maximum atomic E-state index is 9.44. The maximum absolute atomic E-state index is 9.44. The molecule has 0 bridgehead atoms. The zero-order valence-corrected chi connectivity index (χ0v) is 11.1. The summed E-state index contributed by atoms with van der Waals surface area (Å²) in [6.45, 7) is 7.91. The average molecular weight is 240 g/mol. The molecule has 1 heterocycles. The van der Waals surface area contributed by atoms with Crippen molar-refractivity contribution in [1.82, 2.24) is 10.3 Å². The highest BCUT2D eigenvalue weighted by Crippen LogP contribution is 2.24. The molecule has 4 nitrogen and oxygen atoms in total. The second-order valence-electron chi connectivity index (χ2n) is 4.54. The van der Waals surface area contributed by atoms with Gasteiger partial charge in [0.2, 0.25) is 5.89 Å². The Bertz CT molecular complexity index is 311. The van der Waals surface area contributed by atoms with Crippen molar-refractivity contribution in [3.8, 4) is 0 Å². The van der Waals surface area contributed by atoms with Crippen LogP contribution in [0.15, 0.2) is 10.6 Å². The third-order valence-electron chi connectivity index (χ3n) is 3.56. The zero-order chi connectivity index (χ0) is 12.7. The summed E-state index contributed by atoms with van der Waals surface area (Å²) in [5, 5.41) is 12.8. The summed E-state index contributed by atoms with van der Waals surface area (Å²) < 4.78 is 5.51. The minimum absolute atomic E-state index is 0.0137. The molecule has 0 saturated carbocycles. The average Bonchev–Trinajstić information content (AvgIpc) is 2.83. The van der Waals surface area contributed by atoms with E-state index >= 15 is 0 Å². The highest BCUT2D eigenvalue weighted by Gasteiger charge is 2.24. The van der Waals surface area contributed by atoms with Gasteiger partial charge in [-0.3, -0.25) is 0 Å². The van der Waals surface area contributed by atoms with Gasteiger partial charge in [-0.05, 0) is 12.8 Å². The molecule has 17 heavy (non-hydrogen) atoms. The van der Waals surface area contributed by atoms with E-state index < -0.39 is 0 Å². The van der Waals surface area contributed by atoms with Gasteiger partial charge in [0.25, 0.3) is 0 Å². The third kappa shape index (κ3) is 3.82. The van der Waals surface area contributed by atoms with Crippen molar-refractivity contribution in [3.05, 3.63) is 17.8 Å². The number of aliphatic hydroxyl groups is 1. The number of nitrogens with one attached hydrogen (secondary N) is 1. The van der Waals surface area contributed by atoms with Crippen molar-refractivity contribution in [3.63, 3.8) is 0 Å². The van der Waals surface area contributed by atoms with Crippen LogP contribution in [0.2, 0.25) is 0 Å². The zero-order valence-electron chi connectivity index (χ0n) is 11.1. The van der Waals surface area contributed by atoms with E-state index in [2.05, 4.69) is 24.1 Å². The number of aryl methyl sites for hydroxylation is 1. The normalized spacial score (nSPS) is 12.0. The lowest BCUT2D eigenvalue weighted by Crippen LogP contribution is -2.36. The second kappa shape index (κ2) is 6.77. The summed E-state index contributed by atoms with van der Waals surface area (Å²) in [7, 11) is 0. The molecule has 4 heteroatoms. The number of oxazole rings is 1. The molecular weight excluding hydrogens is 216 g/mol. The maximum Gasteiger partial charge on any atom is 0.208 e. The van der Waals surface area contributed by atoms with Crippen molar-refractivity contribution in [2.75, 3.05) is 13.2 Å². The highest BCUT2D eigenvalue weighted by atomic mass is 16.4. The van der Waals surface area contributed by atoms with E-state index in [9.17, 15) is 5.11 Å². The van der Waals surface area contributed by atoms with E-state index in [4.69, 9.17) is 4.42 Å². The van der Waals surface area contributed by atoms with Gasteiger partial charge >= 0.3 is 0 Å². The Labute approximate surface area is 103 Å². The number of nitrogens with zero attached hydrogens (tertiary/aromatic N) is 1. The van der Waals surface area contributed by atoms with Crippen LogP contribution < -0.4 is 5.32 Å². The predicted molar refractivity (Wildman–Crippen MR) is 67.7 cm³/mol. The summed E-state index contributed by atoms with van der Waals surface area (Å²) >= 11 is 0. The van der Waals surface area contributed by atoms with Crippen LogP contribution in [-0.2, 0) is 13.0 Å².